The molecule has 0 saturated carbocycles. The van der Waals surface area contributed by atoms with E-state index in [1.807, 2.05) is 0 Å². The Morgan fingerprint density at radius 3 is 2.81 bits per heavy atom. The Balaban J connectivity index is 2.66. The zero-order chi connectivity index (χ0) is 12.0. The van der Waals surface area contributed by atoms with Crippen molar-refractivity contribution in [3.63, 3.8) is 0 Å². The van der Waals surface area contributed by atoms with E-state index >= 15 is 0 Å². The van der Waals surface area contributed by atoms with E-state index in [-0.39, 0.29) is 17.7 Å². The smallest absolute Gasteiger partial charge is 0.258 e. The van der Waals surface area contributed by atoms with Gasteiger partial charge in [0.25, 0.3) is 10.0 Å². The van der Waals surface area contributed by atoms with Gasteiger partial charge < -0.3 is 5.11 Å². The van der Waals surface area contributed by atoms with Gasteiger partial charge in [0.15, 0.2) is 5.03 Å². The first-order valence-corrected chi connectivity index (χ1v) is 6.59. The zero-order valence-corrected chi connectivity index (χ0v) is 9.94. The third-order valence-electron chi connectivity index (χ3n) is 2.06. The highest BCUT2D eigenvalue weighted by molar-refractivity contribution is 7.89. The van der Waals surface area contributed by atoms with Gasteiger partial charge in [-0.25, -0.2) is 18.1 Å². The monoisotopic (exact) mass is 244 g/mol. The van der Waals surface area contributed by atoms with Gasteiger partial charge in [-0.1, -0.05) is 6.07 Å². The van der Waals surface area contributed by atoms with Gasteiger partial charge in [0.05, 0.1) is 0 Å². The molecule has 1 aromatic rings. The summed E-state index contributed by atoms with van der Waals surface area (Å²) in [6, 6.07) is 4.52. The summed E-state index contributed by atoms with van der Waals surface area (Å²) < 4.78 is 26.0. The second-order valence-electron chi connectivity index (χ2n) is 3.56. The van der Waals surface area contributed by atoms with E-state index in [9.17, 15) is 8.42 Å². The number of nitrogens with one attached hydrogen (secondary N) is 1. The molecule has 1 rings (SSSR count). The van der Waals surface area contributed by atoms with Crippen LogP contribution in [-0.2, 0) is 10.0 Å². The van der Waals surface area contributed by atoms with E-state index in [1.165, 1.54) is 12.3 Å². The molecular formula is C10H16N2O3S. The van der Waals surface area contributed by atoms with Gasteiger partial charge in [-0.3, -0.25) is 0 Å². The second kappa shape index (κ2) is 5.93. The maximum atomic E-state index is 11.8. The van der Waals surface area contributed by atoms with Crippen LogP contribution in [-0.4, -0.2) is 31.2 Å². The number of sulfonamides is 1. The van der Waals surface area contributed by atoms with Crippen molar-refractivity contribution in [1.29, 1.82) is 0 Å². The van der Waals surface area contributed by atoms with Crippen LogP contribution in [0.2, 0.25) is 0 Å². The summed E-state index contributed by atoms with van der Waals surface area (Å²) in [6.07, 6.45) is 2.61. The highest BCUT2D eigenvalue weighted by Gasteiger charge is 2.17. The molecule has 0 amide bonds. The van der Waals surface area contributed by atoms with Crippen LogP contribution in [0.1, 0.15) is 19.8 Å². The number of nitrogens with zero attached hydrogens (tertiary/aromatic N) is 1. The molecule has 90 valence electrons. The molecule has 1 heterocycles. The lowest BCUT2D eigenvalue weighted by atomic mass is 10.2. The van der Waals surface area contributed by atoms with Gasteiger partial charge >= 0.3 is 0 Å². The highest BCUT2D eigenvalue weighted by Crippen LogP contribution is 2.06. The predicted molar refractivity (Wildman–Crippen MR) is 60.3 cm³/mol. The minimum atomic E-state index is -3.53. The summed E-state index contributed by atoms with van der Waals surface area (Å²) >= 11 is 0. The molecule has 2 N–H and O–H groups in total. The first-order valence-electron chi connectivity index (χ1n) is 5.10. The molecule has 0 aliphatic rings. The zero-order valence-electron chi connectivity index (χ0n) is 9.13. The van der Waals surface area contributed by atoms with Gasteiger partial charge in [-0.05, 0) is 31.9 Å². The Morgan fingerprint density at radius 2 is 2.25 bits per heavy atom. The molecule has 0 fully saturated rings. The van der Waals surface area contributed by atoms with Crippen molar-refractivity contribution in [3.8, 4) is 0 Å². The third-order valence-corrected chi connectivity index (χ3v) is 3.57. The average molecular weight is 244 g/mol. The number of hydrogen-bond acceptors (Lipinski definition) is 4. The SMILES string of the molecule is CC(CCCO)NS(=O)(=O)c1ccccn1. The summed E-state index contributed by atoms with van der Waals surface area (Å²) in [5.41, 5.74) is 0. The molecule has 0 bridgehead atoms. The van der Waals surface area contributed by atoms with Crippen LogP contribution >= 0.6 is 0 Å². The van der Waals surface area contributed by atoms with Gasteiger partial charge in [0, 0.05) is 18.8 Å². The molecule has 0 saturated heterocycles. The van der Waals surface area contributed by atoms with Gasteiger partial charge in [0.2, 0.25) is 0 Å². The number of aliphatic hydroxyl groups excluding tert-OH is 1. The normalized spacial score (nSPS) is 13.6. The summed E-state index contributed by atoms with van der Waals surface area (Å²) in [4.78, 5) is 3.78. The molecule has 0 radical (unpaired) electrons. The molecule has 5 nitrogen and oxygen atoms in total. The van der Waals surface area contributed by atoms with E-state index in [1.54, 1.807) is 19.1 Å². The standard InChI is InChI=1S/C10H16N2O3S/c1-9(5-4-8-13)12-16(14,15)10-6-2-3-7-11-10/h2-3,6-7,9,12-13H,4-5,8H2,1H3. The van der Waals surface area contributed by atoms with E-state index < -0.39 is 10.0 Å². The number of aromatic nitrogens is 1. The summed E-state index contributed by atoms with van der Waals surface area (Å²) in [6.45, 7) is 1.83. The van der Waals surface area contributed by atoms with Crippen molar-refractivity contribution < 1.29 is 13.5 Å². The largest absolute Gasteiger partial charge is 0.396 e. The number of pyridine rings is 1. The molecule has 0 aromatic carbocycles. The van der Waals surface area contributed by atoms with Crippen LogP contribution in [0.4, 0.5) is 0 Å². The molecule has 16 heavy (non-hydrogen) atoms. The van der Waals surface area contributed by atoms with Crippen molar-refractivity contribution >= 4 is 10.0 Å². The maximum Gasteiger partial charge on any atom is 0.258 e. The van der Waals surface area contributed by atoms with Crippen LogP contribution < -0.4 is 4.72 Å². The topological polar surface area (TPSA) is 79.3 Å². The Hall–Kier alpha value is -0.980. The number of rotatable bonds is 6. The minimum Gasteiger partial charge on any atom is -0.396 e. The number of aliphatic hydroxyl groups is 1. The first kappa shape index (κ1) is 13.1. The maximum absolute atomic E-state index is 11.8. The van der Waals surface area contributed by atoms with E-state index in [4.69, 9.17) is 5.11 Å². The van der Waals surface area contributed by atoms with Crippen LogP contribution in [0, 0.1) is 0 Å². The van der Waals surface area contributed by atoms with Gasteiger partial charge in [-0.15, -0.1) is 0 Å². The molecule has 0 spiro atoms. The Morgan fingerprint density at radius 1 is 1.50 bits per heavy atom. The van der Waals surface area contributed by atoms with Crippen LogP contribution in [0.25, 0.3) is 0 Å². The molecule has 1 unspecified atom stereocenters. The van der Waals surface area contributed by atoms with E-state index in [2.05, 4.69) is 9.71 Å². The lowest BCUT2D eigenvalue weighted by Crippen LogP contribution is -2.33. The fourth-order valence-electron chi connectivity index (χ4n) is 1.29. The fourth-order valence-corrected chi connectivity index (χ4v) is 2.51. The summed E-state index contributed by atoms with van der Waals surface area (Å²) in [5, 5.41) is 8.66. The van der Waals surface area contributed by atoms with Crippen molar-refractivity contribution in [1.82, 2.24) is 9.71 Å². The summed E-state index contributed by atoms with van der Waals surface area (Å²) in [5.74, 6) is 0. The van der Waals surface area contributed by atoms with Crippen LogP contribution in [0.5, 0.6) is 0 Å². The molecule has 6 heteroatoms. The molecule has 0 aliphatic carbocycles. The van der Waals surface area contributed by atoms with E-state index in [0.29, 0.717) is 12.8 Å². The highest BCUT2D eigenvalue weighted by atomic mass is 32.2. The summed E-state index contributed by atoms with van der Waals surface area (Å²) in [7, 11) is -3.53. The molecule has 1 aromatic heterocycles. The lowest BCUT2D eigenvalue weighted by Gasteiger charge is -2.12. The van der Waals surface area contributed by atoms with E-state index in [0.717, 1.165) is 0 Å². The minimum absolute atomic E-state index is 0.0193. The quantitative estimate of drug-likeness (QED) is 0.764. The van der Waals surface area contributed by atoms with Crippen LogP contribution in [0.15, 0.2) is 29.4 Å². The molecule has 0 aliphatic heterocycles. The fraction of sp³-hybridized carbons (Fsp3) is 0.500. The van der Waals surface area contributed by atoms with Crippen molar-refractivity contribution in [2.24, 2.45) is 0 Å². The Labute approximate surface area is 95.6 Å². The van der Waals surface area contributed by atoms with Crippen molar-refractivity contribution in [2.45, 2.75) is 30.8 Å². The van der Waals surface area contributed by atoms with Crippen LogP contribution in [0.3, 0.4) is 0 Å². The second-order valence-corrected chi connectivity index (χ2v) is 5.22. The van der Waals surface area contributed by atoms with Gasteiger partial charge in [-0.2, -0.15) is 0 Å². The molecular weight excluding hydrogens is 228 g/mol. The molecule has 1 atom stereocenters. The third kappa shape index (κ3) is 3.88. The Bertz CT molecular complexity index is 405. The number of hydrogen-bond donors (Lipinski definition) is 2. The van der Waals surface area contributed by atoms with Crippen molar-refractivity contribution in [2.75, 3.05) is 6.61 Å². The lowest BCUT2D eigenvalue weighted by molar-refractivity contribution is 0.279. The van der Waals surface area contributed by atoms with Crippen molar-refractivity contribution in [3.05, 3.63) is 24.4 Å². The average Bonchev–Trinajstić information content (AvgIpc) is 2.27. The predicted octanol–water partition coefficient (Wildman–Crippen LogP) is 0.521. The Kier molecular flexibility index (Phi) is 4.85. The van der Waals surface area contributed by atoms with Gasteiger partial charge in [0.1, 0.15) is 0 Å². The first-order chi connectivity index (χ1) is 7.56.